The zero-order valence-electron chi connectivity index (χ0n) is 20.5. The van der Waals surface area contributed by atoms with Gasteiger partial charge in [-0.25, -0.2) is 0 Å². The maximum atomic E-state index is 13.4. The van der Waals surface area contributed by atoms with Gasteiger partial charge in [0.15, 0.2) is 0 Å². The number of rotatable bonds is 12. The average Bonchev–Trinajstić information content (AvgIpc) is 3.46. The monoisotopic (exact) mass is 449 g/mol. The van der Waals surface area contributed by atoms with Crippen LogP contribution in [0.1, 0.15) is 80.9 Å². The summed E-state index contributed by atoms with van der Waals surface area (Å²) in [6.07, 6.45) is 8.50. The van der Waals surface area contributed by atoms with E-state index in [0.29, 0.717) is 0 Å². The average molecular weight is 450 g/mol. The van der Waals surface area contributed by atoms with E-state index >= 15 is 0 Å². The minimum Gasteiger partial charge on any atom is -0.386 e. The van der Waals surface area contributed by atoms with Crippen LogP contribution in [0, 0.1) is 25.2 Å². The number of nitrogens with zero attached hydrogens (tertiary/aromatic N) is 1. The fourth-order valence-corrected chi connectivity index (χ4v) is 4.91. The molecule has 1 saturated carbocycles. The van der Waals surface area contributed by atoms with E-state index in [1.165, 1.54) is 0 Å². The van der Waals surface area contributed by atoms with Crippen molar-refractivity contribution < 1.29 is 9.90 Å². The number of aromatic amines is 1. The van der Waals surface area contributed by atoms with Crippen molar-refractivity contribution in [3.05, 3.63) is 71.7 Å². The summed E-state index contributed by atoms with van der Waals surface area (Å²) in [5.74, 6) is 0.0144. The number of carbonyl (C=O) groups excluding carboxylic acids is 1. The van der Waals surface area contributed by atoms with Crippen LogP contribution in [-0.2, 0) is 4.79 Å². The Bertz CT molecular complexity index is 969. The molecule has 1 heterocycles. The zero-order chi connectivity index (χ0) is 24.0. The van der Waals surface area contributed by atoms with Crippen molar-refractivity contribution >= 4 is 11.6 Å². The zero-order valence-corrected chi connectivity index (χ0v) is 20.5. The van der Waals surface area contributed by atoms with Crippen LogP contribution in [0.5, 0.6) is 0 Å². The van der Waals surface area contributed by atoms with Crippen molar-refractivity contribution in [2.24, 2.45) is 16.3 Å². The number of aliphatic hydroxyl groups is 1. The lowest BCUT2D eigenvalue weighted by atomic mass is 9.80. The molecular formula is C28H39N3O2. The van der Waals surface area contributed by atoms with Crippen LogP contribution in [0.4, 0.5) is 0 Å². The molecule has 0 spiro atoms. The predicted octanol–water partition coefficient (Wildman–Crippen LogP) is 5.78. The summed E-state index contributed by atoms with van der Waals surface area (Å²) in [7, 11) is 0. The fourth-order valence-electron chi connectivity index (χ4n) is 4.91. The standard InChI is InChI=1S/C28H39N3O2/c1-6-8-24(27(33)31-21(5)26(32)22-11-9-19(3)10-12-22)28(16-17-28)15-13-25(29-7-2)23-14-18-30-20(23)4/h7,9-12,14,18,21,24,26,30,32H,2,6,8,13,15-17H2,1,3-5H3,(H,31,33)/t21-,24+,26+/m0/s1. The van der Waals surface area contributed by atoms with Gasteiger partial charge < -0.3 is 15.4 Å². The summed E-state index contributed by atoms with van der Waals surface area (Å²) in [6, 6.07) is 9.54. The number of H-pyrrole nitrogens is 1. The van der Waals surface area contributed by atoms with Gasteiger partial charge in [0.1, 0.15) is 0 Å². The van der Waals surface area contributed by atoms with Gasteiger partial charge >= 0.3 is 0 Å². The first-order valence-electron chi connectivity index (χ1n) is 12.2. The second-order valence-electron chi connectivity index (χ2n) is 9.63. The quantitative estimate of drug-likeness (QED) is 0.359. The first-order chi connectivity index (χ1) is 15.8. The van der Waals surface area contributed by atoms with Crippen molar-refractivity contribution in [2.45, 2.75) is 78.4 Å². The summed E-state index contributed by atoms with van der Waals surface area (Å²) >= 11 is 0. The van der Waals surface area contributed by atoms with Gasteiger partial charge in [0.25, 0.3) is 0 Å². The van der Waals surface area contributed by atoms with E-state index in [4.69, 9.17) is 0 Å². The molecule has 0 aliphatic heterocycles. The lowest BCUT2D eigenvalue weighted by molar-refractivity contribution is -0.129. The normalized spacial score (nSPS) is 17.8. The Morgan fingerprint density at radius 3 is 2.52 bits per heavy atom. The number of nitrogens with one attached hydrogen (secondary N) is 2. The Hall–Kier alpha value is -2.66. The lowest BCUT2D eigenvalue weighted by Crippen LogP contribution is -2.43. The SMILES string of the molecule is C=CN=C(CCC1([C@H](CCC)C(=O)N[C@@H](C)[C@@H](O)c2ccc(C)cc2)CC1)c1cc[nH]c1C. The number of aromatic nitrogens is 1. The van der Waals surface area contributed by atoms with Crippen LogP contribution in [-0.4, -0.2) is 27.8 Å². The molecule has 3 rings (SSSR count). The number of amides is 1. The Morgan fingerprint density at radius 1 is 1.27 bits per heavy atom. The van der Waals surface area contributed by atoms with E-state index < -0.39 is 6.10 Å². The van der Waals surface area contributed by atoms with E-state index in [9.17, 15) is 9.90 Å². The van der Waals surface area contributed by atoms with E-state index in [2.05, 4.69) is 41.8 Å². The van der Waals surface area contributed by atoms with Gasteiger partial charge in [-0.3, -0.25) is 9.79 Å². The molecule has 0 saturated heterocycles. The molecule has 1 fully saturated rings. The third kappa shape index (κ3) is 6.02. The Morgan fingerprint density at radius 2 is 1.97 bits per heavy atom. The summed E-state index contributed by atoms with van der Waals surface area (Å²) in [6.45, 7) is 11.9. The van der Waals surface area contributed by atoms with Crippen LogP contribution in [0.25, 0.3) is 0 Å². The second kappa shape index (κ2) is 11.0. The van der Waals surface area contributed by atoms with Gasteiger partial charge in [-0.1, -0.05) is 49.8 Å². The molecule has 178 valence electrons. The predicted molar refractivity (Wildman–Crippen MR) is 135 cm³/mol. The molecule has 33 heavy (non-hydrogen) atoms. The Labute approximate surface area is 198 Å². The molecular weight excluding hydrogens is 410 g/mol. The van der Waals surface area contributed by atoms with Crippen LogP contribution in [0.3, 0.4) is 0 Å². The molecule has 1 aliphatic carbocycles. The minimum absolute atomic E-state index is 0.0147. The Balaban J connectivity index is 1.68. The molecule has 1 amide bonds. The van der Waals surface area contributed by atoms with Crippen LogP contribution in [0.2, 0.25) is 0 Å². The van der Waals surface area contributed by atoms with E-state index in [0.717, 1.165) is 66.6 Å². The van der Waals surface area contributed by atoms with Gasteiger partial charge in [-0.15, -0.1) is 0 Å². The van der Waals surface area contributed by atoms with Crippen molar-refractivity contribution in [3.63, 3.8) is 0 Å². The highest BCUT2D eigenvalue weighted by molar-refractivity contribution is 6.02. The van der Waals surface area contributed by atoms with Crippen molar-refractivity contribution in [1.29, 1.82) is 0 Å². The lowest BCUT2D eigenvalue weighted by Gasteiger charge is -2.29. The molecule has 0 unspecified atom stereocenters. The number of aliphatic imine (C=N–C) groups is 1. The van der Waals surface area contributed by atoms with E-state index in [1.807, 2.05) is 44.3 Å². The largest absolute Gasteiger partial charge is 0.386 e. The molecule has 5 heteroatoms. The molecule has 3 N–H and O–H groups in total. The van der Waals surface area contributed by atoms with Crippen LogP contribution < -0.4 is 5.32 Å². The third-order valence-corrected chi connectivity index (χ3v) is 7.16. The number of aryl methyl sites for hydroxylation is 2. The van der Waals surface area contributed by atoms with Crippen molar-refractivity contribution in [2.75, 3.05) is 0 Å². The minimum atomic E-state index is -0.727. The molecule has 3 atom stereocenters. The van der Waals surface area contributed by atoms with Gasteiger partial charge in [0.2, 0.25) is 5.91 Å². The summed E-state index contributed by atoms with van der Waals surface area (Å²) < 4.78 is 0. The van der Waals surface area contributed by atoms with Gasteiger partial charge in [0, 0.05) is 35.3 Å². The third-order valence-electron chi connectivity index (χ3n) is 7.16. The van der Waals surface area contributed by atoms with Crippen molar-refractivity contribution in [3.8, 4) is 0 Å². The maximum absolute atomic E-state index is 13.4. The highest BCUT2D eigenvalue weighted by Gasteiger charge is 2.51. The molecule has 2 aromatic rings. The first kappa shape index (κ1) is 25.0. The van der Waals surface area contributed by atoms with Gasteiger partial charge in [0.05, 0.1) is 12.1 Å². The maximum Gasteiger partial charge on any atom is 0.223 e. The molecule has 1 aliphatic rings. The number of hydrogen-bond donors (Lipinski definition) is 3. The second-order valence-corrected chi connectivity index (χ2v) is 9.63. The highest BCUT2D eigenvalue weighted by atomic mass is 16.3. The van der Waals surface area contributed by atoms with E-state index in [1.54, 1.807) is 6.20 Å². The first-order valence-corrected chi connectivity index (χ1v) is 12.2. The summed E-state index contributed by atoms with van der Waals surface area (Å²) in [4.78, 5) is 21.2. The van der Waals surface area contributed by atoms with Gasteiger partial charge in [-0.2, -0.15) is 0 Å². The van der Waals surface area contributed by atoms with Crippen LogP contribution in [0.15, 0.2) is 54.3 Å². The number of hydrogen-bond acceptors (Lipinski definition) is 3. The number of aliphatic hydroxyl groups excluding tert-OH is 1. The molecule has 1 aromatic carbocycles. The molecule has 0 radical (unpaired) electrons. The highest BCUT2D eigenvalue weighted by Crippen LogP contribution is 2.57. The summed E-state index contributed by atoms with van der Waals surface area (Å²) in [5.41, 5.74) is 5.23. The number of benzene rings is 1. The molecule has 1 aromatic heterocycles. The van der Waals surface area contributed by atoms with E-state index in [-0.39, 0.29) is 23.3 Å². The number of carbonyl (C=O) groups is 1. The van der Waals surface area contributed by atoms with Gasteiger partial charge in [-0.05, 0) is 69.9 Å². The molecule has 5 nitrogen and oxygen atoms in total. The fraction of sp³-hybridized carbons (Fsp3) is 0.500. The van der Waals surface area contributed by atoms with Crippen LogP contribution >= 0.6 is 0 Å². The topological polar surface area (TPSA) is 77.5 Å². The smallest absolute Gasteiger partial charge is 0.223 e. The molecule has 0 bridgehead atoms. The summed E-state index contributed by atoms with van der Waals surface area (Å²) in [5, 5.41) is 13.9. The Kier molecular flexibility index (Phi) is 8.30. The van der Waals surface area contributed by atoms with Crippen molar-refractivity contribution in [1.82, 2.24) is 10.3 Å².